The average molecular weight is 377 g/mol. The van der Waals surface area contributed by atoms with Crippen molar-refractivity contribution in [3.05, 3.63) is 35.2 Å². The standard InChI is InChI=1S/C19H25ClN4O2/c20-16-7-5-15(6-8-16)19-22-18(26-23-19)10-9-17(25)21-11-4-14-24-12-2-1-3-13-24/h5-8H,1-4,9-14H2,(H,21,25). The summed E-state index contributed by atoms with van der Waals surface area (Å²) >= 11 is 5.87. The Bertz CT molecular complexity index is 696. The number of aryl methyl sites for hydroxylation is 1. The molecular formula is C19H25ClN4O2. The molecule has 0 aliphatic carbocycles. The Morgan fingerprint density at radius 3 is 2.73 bits per heavy atom. The summed E-state index contributed by atoms with van der Waals surface area (Å²) in [5.41, 5.74) is 0.839. The lowest BCUT2D eigenvalue weighted by Crippen LogP contribution is -2.33. The van der Waals surface area contributed by atoms with Gasteiger partial charge in [-0.05, 0) is 63.2 Å². The highest BCUT2D eigenvalue weighted by Crippen LogP contribution is 2.19. The topological polar surface area (TPSA) is 71.3 Å². The minimum atomic E-state index is 0.0230. The Balaban J connectivity index is 1.34. The van der Waals surface area contributed by atoms with Gasteiger partial charge in [0.2, 0.25) is 17.6 Å². The van der Waals surface area contributed by atoms with Crippen molar-refractivity contribution in [2.24, 2.45) is 0 Å². The number of halogens is 1. The lowest BCUT2D eigenvalue weighted by molar-refractivity contribution is -0.121. The molecule has 1 aliphatic rings. The molecule has 1 aromatic carbocycles. The molecule has 1 fully saturated rings. The summed E-state index contributed by atoms with van der Waals surface area (Å²) in [6.07, 6.45) is 5.74. The maximum absolute atomic E-state index is 12.0. The van der Waals surface area contributed by atoms with Crippen LogP contribution in [-0.4, -0.2) is 47.1 Å². The van der Waals surface area contributed by atoms with E-state index in [4.69, 9.17) is 16.1 Å². The van der Waals surface area contributed by atoms with E-state index in [0.29, 0.717) is 29.6 Å². The number of rotatable bonds is 8. The van der Waals surface area contributed by atoms with Gasteiger partial charge in [-0.1, -0.05) is 23.2 Å². The fourth-order valence-corrected chi connectivity index (χ4v) is 3.22. The monoisotopic (exact) mass is 376 g/mol. The molecular weight excluding hydrogens is 352 g/mol. The highest BCUT2D eigenvalue weighted by molar-refractivity contribution is 6.30. The third-order valence-corrected chi connectivity index (χ3v) is 4.81. The number of carbonyl (C=O) groups is 1. The molecule has 6 nitrogen and oxygen atoms in total. The van der Waals surface area contributed by atoms with Gasteiger partial charge in [-0.15, -0.1) is 0 Å². The van der Waals surface area contributed by atoms with Crippen LogP contribution >= 0.6 is 11.6 Å². The summed E-state index contributed by atoms with van der Waals surface area (Å²) in [5, 5.41) is 7.58. The zero-order valence-corrected chi connectivity index (χ0v) is 15.7. The van der Waals surface area contributed by atoms with E-state index in [1.54, 1.807) is 12.1 Å². The molecule has 26 heavy (non-hydrogen) atoms. The quantitative estimate of drug-likeness (QED) is 0.715. The van der Waals surface area contributed by atoms with Crippen LogP contribution in [0.1, 0.15) is 38.0 Å². The second-order valence-electron chi connectivity index (χ2n) is 6.62. The lowest BCUT2D eigenvalue weighted by atomic mass is 10.1. The zero-order valence-electron chi connectivity index (χ0n) is 14.9. The van der Waals surface area contributed by atoms with Crippen molar-refractivity contribution < 1.29 is 9.32 Å². The molecule has 2 heterocycles. The first kappa shape index (κ1) is 18.9. The molecule has 3 rings (SSSR count). The van der Waals surface area contributed by atoms with Crippen LogP contribution < -0.4 is 5.32 Å². The van der Waals surface area contributed by atoms with E-state index in [2.05, 4.69) is 20.4 Å². The SMILES string of the molecule is O=C(CCc1nc(-c2ccc(Cl)cc2)no1)NCCCN1CCCCC1. The first-order chi connectivity index (χ1) is 12.7. The third-order valence-electron chi connectivity index (χ3n) is 4.56. The van der Waals surface area contributed by atoms with Crippen molar-refractivity contribution in [2.75, 3.05) is 26.2 Å². The molecule has 1 amide bonds. The fraction of sp³-hybridized carbons (Fsp3) is 0.526. The van der Waals surface area contributed by atoms with Crippen LogP contribution in [-0.2, 0) is 11.2 Å². The molecule has 0 atom stereocenters. The second kappa shape index (κ2) is 9.69. The predicted molar refractivity (Wildman–Crippen MR) is 101 cm³/mol. The van der Waals surface area contributed by atoms with Crippen LogP contribution in [0.3, 0.4) is 0 Å². The molecule has 0 bridgehead atoms. The largest absolute Gasteiger partial charge is 0.356 e. The summed E-state index contributed by atoms with van der Waals surface area (Å²) in [4.78, 5) is 18.8. The fourth-order valence-electron chi connectivity index (χ4n) is 3.09. The number of piperidine rings is 1. The van der Waals surface area contributed by atoms with Crippen LogP contribution in [0, 0.1) is 0 Å². The summed E-state index contributed by atoms with van der Waals surface area (Å²) in [7, 11) is 0. The molecule has 1 N–H and O–H groups in total. The number of aromatic nitrogens is 2. The van der Waals surface area contributed by atoms with E-state index in [9.17, 15) is 4.79 Å². The van der Waals surface area contributed by atoms with E-state index in [-0.39, 0.29) is 5.91 Å². The molecule has 2 aromatic rings. The first-order valence-electron chi connectivity index (χ1n) is 9.28. The summed E-state index contributed by atoms with van der Waals surface area (Å²) in [6, 6.07) is 7.24. The van der Waals surface area contributed by atoms with Gasteiger partial charge < -0.3 is 14.7 Å². The van der Waals surface area contributed by atoms with Crippen molar-refractivity contribution in [3.63, 3.8) is 0 Å². The van der Waals surface area contributed by atoms with Gasteiger partial charge >= 0.3 is 0 Å². The van der Waals surface area contributed by atoms with Crippen LogP contribution in [0.5, 0.6) is 0 Å². The molecule has 1 aromatic heterocycles. The Kier molecular flexibility index (Phi) is 7.03. The van der Waals surface area contributed by atoms with Crippen LogP contribution in [0.2, 0.25) is 5.02 Å². The predicted octanol–water partition coefficient (Wildman–Crippen LogP) is 3.31. The number of likely N-dealkylation sites (tertiary alicyclic amines) is 1. The first-order valence-corrected chi connectivity index (χ1v) is 9.66. The number of amides is 1. The molecule has 0 radical (unpaired) electrons. The second-order valence-corrected chi connectivity index (χ2v) is 7.06. The van der Waals surface area contributed by atoms with Crippen LogP contribution in [0.4, 0.5) is 0 Å². The van der Waals surface area contributed by atoms with E-state index >= 15 is 0 Å². The number of carbonyl (C=O) groups excluding carboxylic acids is 1. The van der Waals surface area contributed by atoms with E-state index in [0.717, 1.165) is 25.1 Å². The van der Waals surface area contributed by atoms with Gasteiger partial charge in [-0.2, -0.15) is 4.98 Å². The van der Waals surface area contributed by atoms with Gasteiger partial charge in [0.1, 0.15) is 0 Å². The van der Waals surface area contributed by atoms with Crippen molar-refractivity contribution in [1.82, 2.24) is 20.4 Å². The van der Waals surface area contributed by atoms with Gasteiger partial charge in [0.25, 0.3) is 0 Å². The Morgan fingerprint density at radius 1 is 1.19 bits per heavy atom. The highest BCUT2D eigenvalue weighted by atomic mass is 35.5. The van der Waals surface area contributed by atoms with Crippen LogP contribution in [0.15, 0.2) is 28.8 Å². The Morgan fingerprint density at radius 2 is 1.96 bits per heavy atom. The van der Waals surface area contributed by atoms with Crippen molar-refractivity contribution in [3.8, 4) is 11.4 Å². The van der Waals surface area contributed by atoms with Crippen molar-refractivity contribution in [1.29, 1.82) is 0 Å². The van der Waals surface area contributed by atoms with Crippen molar-refractivity contribution >= 4 is 17.5 Å². The smallest absolute Gasteiger partial charge is 0.227 e. The van der Waals surface area contributed by atoms with Crippen LogP contribution in [0.25, 0.3) is 11.4 Å². The van der Waals surface area contributed by atoms with Gasteiger partial charge in [-0.3, -0.25) is 4.79 Å². The molecule has 1 saturated heterocycles. The highest BCUT2D eigenvalue weighted by Gasteiger charge is 2.12. The summed E-state index contributed by atoms with van der Waals surface area (Å²) < 4.78 is 5.22. The number of hydrogen-bond acceptors (Lipinski definition) is 5. The molecule has 7 heteroatoms. The Labute approximate surface area is 158 Å². The molecule has 0 spiro atoms. The number of hydrogen-bond donors (Lipinski definition) is 1. The molecule has 0 saturated carbocycles. The maximum atomic E-state index is 12.0. The maximum Gasteiger partial charge on any atom is 0.227 e. The van der Waals surface area contributed by atoms with E-state index < -0.39 is 0 Å². The number of nitrogens with zero attached hydrogens (tertiary/aromatic N) is 3. The third kappa shape index (κ3) is 5.81. The molecule has 140 valence electrons. The summed E-state index contributed by atoms with van der Waals surface area (Å²) in [6.45, 7) is 4.17. The molecule has 1 aliphatic heterocycles. The van der Waals surface area contributed by atoms with Gasteiger partial charge in [0, 0.05) is 30.0 Å². The normalized spacial score (nSPS) is 15.1. The van der Waals surface area contributed by atoms with Crippen molar-refractivity contribution in [2.45, 2.75) is 38.5 Å². The number of benzene rings is 1. The zero-order chi connectivity index (χ0) is 18.2. The minimum Gasteiger partial charge on any atom is -0.356 e. The minimum absolute atomic E-state index is 0.0230. The average Bonchev–Trinajstić information content (AvgIpc) is 3.14. The van der Waals surface area contributed by atoms with Gasteiger partial charge in [0.15, 0.2) is 0 Å². The lowest BCUT2D eigenvalue weighted by Gasteiger charge is -2.26. The van der Waals surface area contributed by atoms with E-state index in [1.165, 1.54) is 32.4 Å². The Hall–Kier alpha value is -1.92. The molecule has 0 unspecified atom stereocenters. The summed E-state index contributed by atoms with van der Waals surface area (Å²) in [5.74, 6) is 1.01. The number of nitrogens with one attached hydrogen (secondary N) is 1. The van der Waals surface area contributed by atoms with Gasteiger partial charge in [0.05, 0.1) is 0 Å². The van der Waals surface area contributed by atoms with Gasteiger partial charge in [-0.25, -0.2) is 0 Å². The van der Waals surface area contributed by atoms with E-state index in [1.807, 2.05) is 12.1 Å².